The highest BCUT2D eigenvalue weighted by Gasteiger charge is 2.37. The number of ether oxygens (including phenoxy) is 2. The molecule has 0 spiro atoms. The lowest BCUT2D eigenvalue weighted by atomic mass is 10.0. The van der Waals surface area contributed by atoms with Gasteiger partial charge in [-0.25, -0.2) is 4.79 Å². The predicted molar refractivity (Wildman–Crippen MR) is 38.4 cm³/mol. The maximum atomic E-state index is 10.9. The standard InChI is InChI=1S/C7H12O5/c1-11-7(10)6-5(9)4(8)2-3-12-6/h4-6,8-9H,2-3H2,1H3. The van der Waals surface area contributed by atoms with E-state index in [0.717, 1.165) is 0 Å². The summed E-state index contributed by atoms with van der Waals surface area (Å²) in [6.07, 6.45) is -2.78. The molecule has 12 heavy (non-hydrogen) atoms. The highest BCUT2D eigenvalue weighted by Crippen LogP contribution is 2.15. The van der Waals surface area contributed by atoms with Gasteiger partial charge in [-0.3, -0.25) is 0 Å². The quantitative estimate of drug-likeness (QED) is 0.484. The monoisotopic (exact) mass is 176 g/mol. The number of rotatable bonds is 1. The van der Waals surface area contributed by atoms with Crippen LogP contribution in [0.2, 0.25) is 0 Å². The molecule has 70 valence electrons. The van der Waals surface area contributed by atoms with Crippen molar-refractivity contribution in [3.63, 3.8) is 0 Å². The van der Waals surface area contributed by atoms with Crippen LogP contribution in [0.4, 0.5) is 0 Å². The van der Waals surface area contributed by atoms with Gasteiger partial charge in [0.1, 0.15) is 6.10 Å². The summed E-state index contributed by atoms with van der Waals surface area (Å²) in [5, 5.41) is 18.4. The summed E-state index contributed by atoms with van der Waals surface area (Å²) in [5.74, 6) is -0.652. The zero-order chi connectivity index (χ0) is 9.14. The molecule has 0 radical (unpaired) electrons. The first-order valence-corrected chi connectivity index (χ1v) is 3.72. The topological polar surface area (TPSA) is 76.0 Å². The Morgan fingerprint density at radius 1 is 1.58 bits per heavy atom. The number of carbonyl (C=O) groups is 1. The Kier molecular flexibility index (Phi) is 3.02. The molecule has 1 aliphatic heterocycles. The average Bonchev–Trinajstić information content (AvgIpc) is 2.08. The highest BCUT2D eigenvalue weighted by molar-refractivity contribution is 5.75. The zero-order valence-electron chi connectivity index (χ0n) is 6.77. The number of hydrogen-bond acceptors (Lipinski definition) is 5. The zero-order valence-corrected chi connectivity index (χ0v) is 6.77. The fourth-order valence-corrected chi connectivity index (χ4v) is 1.11. The van der Waals surface area contributed by atoms with Crippen LogP contribution < -0.4 is 0 Å². The molecule has 1 fully saturated rings. The van der Waals surface area contributed by atoms with Gasteiger partial charge in [0.2, 0.25) is 0 Å². The Balaban J connectivity index is 2.57. The predicted octanol–water partition coefficient (Wildman–Crippen LogP) is -1.33. The van der Waals surface area contributed by atoms with E-state index >= 15 is 0 Å². The minimum absolute atomic E-state index is 0.262. The van der Waals surface area contributed by atoms with Crippen molar-refractivity contribution in [3.8, 4) is 0 Å². The number of hydrogen-bond donors (Lipinski definition) is 2. The van der Waals surface area contributed by atoms with Crippen LogP contribution in [0.1, 0.15) is 6.42 Å². The normalized spacial score (nSPS) is 36.1. The summed E-state index contributed by atoms with van der Waals surface area (Å²) in [7, 11) is 1.21. The number of carbonyl (C=O) groups excluding carboxylic acids is 1. The minimum Gasteiger partial charge on any atom is -0.467 e. The van der Waals surface area contributed by atoms with Gasteiger partial charge in [-0.05, 0) is 6.42 Å². The van der Waals surface area contributed by atoms with Crippen molar-refractivity contribution in [3.05, 3.63) is 0 Å². The van der Waals surface area contributed by atoms with Crippen molar-refractivity contribution in [1.29, 1.82) is 0 Å². The maximum absolute atomic E-state index is 10.9. The second-order valence-electron chi connectivity index (χ2n) is 2.66. The third-order valence-electron chi connectivity index (χ3n) is 1.85. The summed E-state index contributed by atoms with van der Waals surface area (Å²) in [4.78, 5) is 10.9. The fraction of sp³-hybridized carbons (Fsp3) is 0.857. The molecule has 3 atom stereocenters. The van der Waals surface area contributed by atoms with Crippen molar-refractivity contribution in [2.24, 2.45) is 0 Å². The molecular formula is C7H12O5. The lowest BCUT2D eigenvalue weighted by Gasteiger charge is -2.29. The molecule has 0 amide bonds. The van der Waals surface area contributed by atoms with Gasteiger partial charge in [0.25, 0.3) is 0 Å². The summed E-state index contributed by atoms with van der Waals surface area (Å²) < 4.78 is 9.30. The maximum Gasteiger partial charge on any atom is 0.337 e. The van der Waals surface area contributed by atoms with E-state index in [4.69, 9.17) is 9.84 Å². The van der Waals surface area contributed by atoms with E-state index in [0.29, 0.717) is 6.42 Å². The summed E-state index contributed by atoms with van der Waals surface area (Å²) in [6.45, 7) is 0.262. The van der Waals surface area contributed by atoms with E-state index in [1.165, 1.54) is 7.11 Å². The average molecular weight is 176 g/mol. The van der Waals surface area contributed by atoms with Gasteiger partial charge in [0.05, 0.1) is 19.8 Å². The van der Waals surface area contributed by atoms with Crippen LogP contribution in [0.15, 0.2) is 0 Å². The van der Waals surface area contributed by atoms with Crippen molar-refractivity contribution in [1.82, 2.24) is 0 Å². The van der Waals surface area contributed by atoms with Gasteiger partial charge >= 0.3 is 5.97 Å². The third kappa shape index (κ3) is 1.74. The molecule has 0 aromatic heterocycles. The first-order valence-electron chi connectivity index (χ1n) is 3.72. The largest absolute Gasteiger partial charge is 0.467 e. The molecule has 2 N–H and O–H groups in total. The molecule has 1 rings (SSSR count). The van der Waals surface area contributed by atoms with Gasteiger partial charge in [-0.15, -0.1) is 0 Å². The van der Waals surface area contributed by atoms with Crippen LogP contribution >= 0.6 is 0 Å². The summed E-state index contributed by atoms with van der Waals surface area (Å²) in [6, 6.07) is 0. The Labute approximate surface area is 69.9 Å². The highest BCUT2D eigenvalue weighted by atomic mass is 16.6. The van der Waals surface area contributed by atoms with Gasteiger partial charge in [-0.1, -0.05) is 0 Å². The third-order valence-corrected chi connectivity index (χ3v) is 1.85. The number of aliphatic hydroxyl groups is 2. The van der Waals surface area contributed by atoms with E-state index in [-0.39, 0.29) is 6.61 Å². The molecule has 0 saturated carbocycles. The molecule has 5 nitrogen and oxygen atoms in total. The molecule has 0 aromatic rings. The van der Waals surface area contributed by atoms with Gasteiger partial charge < -0.3 is 19.7 Å². The SMILES string of the molecule is COC(=O)C1OCCC(O)C1O. The number of aliphatic hydroxyl groups excluding tert-OH is 2. The Morgan fingerprint density at radius 2 is 2.25 bits per heavy atom. The van der Waals surface area contributed by atoms with E-state index in [2.05, 4.69) is 4.74 Å². The fourth-order valence-electron chi connectivity index (χ4n) is 1.11. The lowest BCUT2D eigenvalue weighted by Crippen LogP contribution is -2.48. The Bertz CT molecular complexity index is 169. The molecule has 1 saturated heterocycles. The molecule has 1 heterocycles. The van der Waals surface area contributed by atoms with Crippen molar-refractivity contribution < 1.29 is 24.5 Å². The van der Waals surface area contributed by atoms with Crippen LogP contribution in [-0.2, 0) is 14.3 Å². The molecular weight excluding hydrogens is 164 g/mol. The Morgan fingerprint density at radius 3 is 2.83 bits per heavy atom. The second kappa shape index (κ2) is 3.84. The van der Waals surface area contributed by atoms with Crippen molar-refractivity contribution in [2.75, 3.05) is 13.7 Å². The first-order chi connectivity index (χ1) is 5.66. The van der Waals surface area contributed by atoms with Crippen LogP contribution in [-0.4, -0.2) is 48.2 Å². The molecule has 1 aliphatic rings. The van der Waals surface area contributed by atoms with Gasteiger partial charge in [-0.2, -0.15) is 0 Å². The Hall–Kier alpha value is -0.650. The molecule has 0 aromatic carbocycles. The summed E-state index contributed by atoms with van der Waals surface area (Å²) >= 11 is 0. The van der Waals surface area contributed by atoms with Gasteiger partial charge in [0, 0.05) is 0 Å². The van der Waals surface area contributed by atoms with Crippen molar-refractivity contribution >= 4 is 5.97 Å². The molecule has 0 bridgehead atoms. The van der Waals surface area contributed by atoms with E-state index < -0.39 is 24.3 Å². The number of methoxy groups -OCH3 is 1. The number of esters is 1. The van der Waals surface area contributed by atoms with Crippen LogP contribution in [0, 0.1) is 0 Å². The van der Waals surface area contributed by atoms with Crippen molar-refractivity contribution in [2.45, 2.75) is 24.7 Å². The smallest absolute Gasteiger partial charge is 0.337 e. The summed E-state index contributed by atoms with van der Waals surface area (Å²) in [5.41, 5.74) is 0. The first kappa shape index (κ1) is 9.44. The van der Waals surface area contributed by atoms with Crippen LogP contribution in [0.3, 0.4) is 0 Å². The van der Waals surface area contributed by atoms with Crippen LogP contribution in [0.25, 0.3) is 0 Å². The van der Waals surface area contributed by atoms with Crippen LogP contribution in [0.5, 0.6) is 0 Å². The van der Waals surface area contributed by atoms with Gasteiger partial charge in [0.15, 0.2) is 6.10 Å². The minimum atomic E-state index is -1.17. The molecule has 5 heteroatoms. The van der Waals surface area contributed by atoms with E-state index in [1.807, 2.05) is 0 Å². The molecule has 3 unspecified atom stereocenters. The van der Waals surface area contributed by atoms with E-state index in [1.54, 1.807) is 0 Å². The molecule has 0 aliphatic carbocycles. The second-order valence-corrected chi connectivity index (χ2v) is 2.66. The lowest BCUT2D eigenvalue weighted by molar-refractivity contribution is -0.180. The van der Waals surface area contributed by atoms with E-state index in [9.17, 15) is 9.90 Å².